The van der Waals surface area contributed by atoms with Crippen molar-refractivity contribution in [1.82, 2.24) is 0 Å². The molecule has 0 atom stereocenters. The van der Waals surface area contributed by atoms with Crippen LogP contribution in [0.1, 0.15) is 29.8 Å². The van der Waals surface area contributed by atoms with E-state index in [9.17, 15) is 13.6 Å². The average Bonchev–Trinajstić information content (AvgIpc) is 2.67. The van der Waals surface area contributed by atoms with E-state index >= 15 is 0 Å². The summed E-state index contributed by atoms with van der Waals surface area (Å²) in [5, 5.41) is 0. The summed E-state index contributed by atoms with van der Waals surface area (Å²) in [5.41, 5.74) is -1.74. The lowest BCUT2D eigenvalue weighted by Gasteiger charge is -2.22. The SMILES string of the molecule is C#CC(C)(C)Oc1cc(F)c(C(=O)c2cc(OC)ccc2F)cc1OCC=C. The first kappa shape index (κ1) is 21.0. The Labute approximate surface area is 162 Å². The molecule has 6 heteroatoms. The summed E-state index contributed by atoms with van der Waals surface area (Å²) in [6.07, 6.45) is 6.88. The standard InChI is InChI=1S/C22H20F2O4/c1-6-10-27-19-12-16(18(24)13-20(19)28-22(3,4)7-2)21(25)15-11-14(26-5)8-9-17(15)23/h2,6,8-9,11-13H,1,10H2,3-5H3. The summed E-state index contributed by atoms with van der Waals surface area (Å²) in [5.74, 6) is 0.230. The van der Waals surface area contributed by atoms with Gasteiger partial charge in [-0.3, -0.25) is 4.79 Å². The van der Waals surface area contributed by atoms with Crippen LogP contribution in [0.15, 0.2) is 43.0 Å². The van der Waals surface area contributed by atoms with Gasteiger partial charge in [-0.05, 0) is 38.1 Å². The van der Waals surface area contributed by atoms with E-state index in [-0.39, 0.29) is 35.0 Å². The minimum absolute atomic E-state index is 0.0185. The van der Waals surface area contributed by atoms with Crippen molar-refractivity contribution in [3.05, 3.63) is 65.7 Å². The van der Waals surface area contributed by atoms with Crippen molar-refractivity contribution < 1.29 is 27.8 Å². The van der Waals surface area contributed by atoms with Gasteiger partial charge in [0.05, 0.1) is 18.2 Å². The zero-order valence-corrected chi connectivity index (χ0v) is 15.8. The summed E-state index contributed by atoms with van der Waals surface area (Å²) in [6.45, 7) is 6.87. The largest absolute Gasteiger partial charge is 0.497 e. The van der Waals surface area contributed by atoms with E-state index in [2.05, 4.69) is 12.5 Å². The summed E-state index contributed by atoms with van der Waals surface area (Å²) < 4.78 is 44.9. The maximum atomic E-state index is 14.7. The van der Waals surface area contributed by atoms with Gasteiger partial charge in [-0.15, -0.1) is 6.42 Å². The number of hydrogen-bond acceptors (Lipinski definition) is 4. The van der Waals surface area contributed by atoms with Crippen molar-refractivity contribution in [2.24, 2.45) is 0 Å². The molecule has 2 aromatic rings. The highest BCUT2D eigenvalue weighted by atomic mass is 19.1. The van der Waals surface area contributed by atoms with Crippen molar-refractivity contribution in [2.45, 2.75) is 19.4 Å². The van der Waals surface area contributed by atoms with E-state index in [4.69, 9.17) is 20.6 Å². The molecule has 0 aliphatic carbocycles. The lowest BCUT2D eigenvalue weighted by Crippen LogP contribution is -2.26. The average molecular weight is 386 g/mol. The molecule has 0 aromatic heterocycles. The number of benzene rings is 2. The van der Waals surface area contributed by atoms with Gasteiger partial charge in [-0.2, -0.15) is 0 Å². The summed E-state index contributed by atoms with van der Waals surface area (Å²) in [4.78, 5) is 12.8. The Morgan fingerprint density at radius 1 is 1.18 bits per heavy atom. The highest BCUT2D eigenvalue weighted by Gasteiger charge is 2.25. The van der Waals surface area contributed by atoms with Crippen LogP contribution in [0.2, 0.25) is 0 Å². The molecule has 28 heavy (non-hydrogen) atoms. The van der Waals surface area contributed by atoms with Crippen LogP contribution in [0.5, 0.6) is 17.2 Å². The first-order valence-electron chi connectivity index (χ1n) is 8.34. The fourth-order valence-corrected chi connectivity index (χ4v) is 2.31. The van der Waals surface area contributed by atoms with Gasteiger partial charge in [-0.1, -0.05) is 18.6 Å². The second kappa shape index (κ2) is 8.57. The topological polar surface area (TPSA) is 44.8 Å². The molecule has 0 spiro atoms. The van der Waals surface area contributed by atoms with Crippen LogP contribution in [0.4, 0.5) is 8.78 Å². The Balaban J connectivity index is 2.54. The van der Waals surface area contributed by atoms with Crippen LogP contribution in [0.25, 0.3) is 0 Å². The number of rotatable bonds is 8. The maximum absolute atomic E-state index is 14.7. The third-order valence-electron chi connectivity index (χ3n) is 3.77. The van der Waals surface area contributed by atoms with E-state index < -0.39 is 23.0 Å². The third-order valence-corrected chi connectivity index (χ3v) is 3.77. The number of methoxy groups -OCH3 is 1. The molecule has 0 unspecified atom stereocenters. The molecule has 4 nitrogen and oxygen atoms in total. The molecular formula is C22H20F2O4. The fourth-order valence-electron chi connectivity index (χ4n) is 2.31. The normalized spacial score (nSPS) is 10.7. The van der Waals surface area contributed by atoms with Crippen LogP contribution >= 0.6 is 0 Å². The molecule has 2 rings (SSSR count). The van der Waals surface area contributed by atoms with Crippen LogP contribution < -0.4 is 14.2 Å². The lowest BCUT2D eigenvalue weighted by atomic mass is 10.0. The number of carbonyl (C=O) groups excluding carboxylic acids is 1. The first-order chi connectivity index (χ1) is 13.2. The molecule has 146 valence electrons. The Bertz CT molecular complexity index is 942. The van der Waals surface area contributed by atoms with Crippen LogP contribution in [-0.2, 0) is 0 Å². The summed E-state index contributed by atoms with van der Waals surface area (Å²) in [6, 6.07) is 5.78. The van der Waals surface area contributed by atoms with E-state index in [1.165, 1.54) is 25.3 Å². The summed E-state index contributed by atoms with van der Waals surface area (Å²) in [7, 11) is 1.38. The van der Waals surface area contributed by atoms with Gasteiger partial charge < -0.3 is 14.2 Å². The van der Waals surface area contributed by atoms with Crippen LogP contribution in [0.3, 0.4) is 0 Å². The molecule has 0 bridgehead atoms. The fraction of sp³-hybridized carbons (Fsp3) is 0.227. The molecule has 0 saturated heterocycles. The highest BCUT2D eigenvalue weighted by Crippen LogP contribution is 2.34. The third kappa shape index (κ3) is 4.68. The van der Waals surface area contributed by atoms with Gasteiger partial charge in [0.15, 0.2) is 22.9 Å². The van der Waals surface area contributed by atoms with Gasteiger partial charge in [0.25, 0.3) is 0 Å². The minimum Gasteiger partial charge on any atom is -0.497 e. The van der Waals surface area contributed by atoms with E-state index in [1.54, 1.807) is 13.8 Å². The Morgan fingerprint density at radius 3 is 2.46 bits per heavy atom. The maximum Gasteiger partial charge on any atom is 0.199 e. The Hall–Kier alpha value is -3.33. The predicted molar refractivity (Wildman–Crippen MR) is 102 cm³/mol. The van der Waals surface area contributed by atoms with Crippen molar-refractivity contribution >= 4 is 5.78 Å². The zero-order chi connectivity index (χ0) is 20.9. The lowest BCUT2D eigenvalue weighted by molar-refractivity contribution is 0.103. The number of hydrogen-bond donors (Lipinski definition) is 0. The van der Waals surface area contributed by atoms with Crippen LogP contribution in [0, 0.1) is 24.0 Å². The zero-order valence-electron chi connectivity index (χ0n) is 15.8. The molecule has 0 radical (unpaired) electrons. The molecule has 0 saturated carbocycles. The molecule has 0 aliphatic rings. The molecule has 0 heterocycles. The van der Waals surface area contributed by atoms with Gasteiger partial charge in [-0.25, -0.2) is 8.78 Å². The van der Waals surface area contributed by atoms with E-state index in [0.29, 0.717) is 0 Å². The molecule has 0 fully saturated rings. The van der Waals surface area contributed by atoms with Crippen molar-refractivity contribution in [3.63, 3.8) is 0 Å². The quantitative estimate of drug-likeness (QED) is 0.379. The van der Waals surface area contributed by atoms with Gasteiger partial charge in [0.1, 0.15) is 24.0 Å². The smallest absolute Gasteiger partial charge is 0.199 e. The number of carbonyl (C=O) groups is 1. The number of ether oxygens (including phenoxy) is 3. The van der Waals surface area contributed by atoms with Crippen molar-refractivity contribution in [1.29, 1.82) is 0 Å². The van der Waals surface area contributed by atoms with Crippen LogP contribution in [-0.4, -0.2) is 25.1 Å². The monoisotopic (exact) mass is 386 g/mol. The number of halogens is 2. The Morgan fingerprint density at radius 2 is 1.86 bits per heavy atom. The molecule has 0 amide bonds. The number of ketones is 1. The minimum atomic E-state index is -1.04. The first-order valence-corrected chi connectivity index (χ1v) is 8.34. The van der Waals surface area contributed by atoms with E-state index in [1.807, 2.05) is 0 Å². The molecular weight excluding hydrogens is 366 g/mol. The van der Waals surface area contributed by atoms with E-state index in [0.717, 1.165) is 18.2 Å². The second-order valence-corrected chi connectivity index (χ2v) is 6.31. The molecule has 0 N–H and O–H groups in total. The summed E-state index contributed by atoms with van der Waals surface area (Å²) >= 11 is 0. The molecule has 2 aromatic carbocycles. The number of terminal acetylenes is 1. The van der Waals surface area contributed by atoms with Crippen molar-refractivity contribution in [2.75, 3.05) is 13.7 Å². The second-order valence-electron chi connectivity index (χ2n) is 6.31. The van der Waals surface area contributed by atoms with Crippen molar-refractivity contribution in [3.8, 4) is 29.6 Å². The molecule has 0 aliphatic heterocycles. The van der Waals surface area contributed by atoms with Gasteiger partial charge in [0.2, 0.25) is 0 Å². The van der Waals surface area contributed by atoms with Gasteiger partial charge >= 0.3 is 0 Å². The van der Waals surface area contributed by atoms with Gasteiger partial charge in [0, 0.05) is 6.07 Å². The highest BCUT2D eigenvalue weighted by molar-refractivity contribution is 6.09. The Kier molecular flexibility index (Phi) is 6.42. The predicted octanol–water partition coefficient (Wildman–Crippen LogP) is 4.56.